The molecule has 0 unspecified atom stereocenters. The first-order chi connectivity index (χ1) is 12.4. The average Bonchev–Trinajstić information content (AvgIpc) is 3.04. The topological polar surface area (TPSA) is 90.1 Å². The zero-order valence-corrected chi connectivity index (χ0v) is 14.6. The summed E-state index contributed by atoms with van der Waals surface area (Å²) in [5, 5.41) is 17.8. The summed E-state index contributed by atoms with van der Waals surface area (Å²) < 4.78 is 1.71. The van der Waals surface area contributed by atoms with E-state index in [1.807, 2.05) is 31.2 Å². The van der Waals surface area contributed by atoms with Gasteiger partial charge in [-0.2, -0.15) is 5.10 Å². The Morgan fingerprint density at radius 1 is 1.31 bits per heavy atom. The third-order valence-corrected chi connectivity index (χ3v) is 4.21. The maximum absolute atomic E-state index is 12.3. The van der Waals surface area contributed by atoms with Gasteiger partial charge in [-0.1, -0.05) is 35.9 Å². The lowest BCUT2D eigenvalue weighted by atomic mass is 10.1. The molecule has 1 aromatic heterocycles. The number of benzene rings is 2. The molecule has 2 aromatic carbocycles. The van der Waals surface area contributed by atoms with Crippen molar-refractivity contribution in [2.45, 2.75) is 13.5 Å². The molecule has 7 nitrogen and oxygen atoms in total. The summed E-state index contributed by atoms with van der Waals surface area (Å²) in [6, 6.07) is 11.9. The van der Waals surface area contributed by atoms with Crippen molar-refractivity contribution < 1.29 is 9.72 Å². The molecule has 0 atom stereocenters. The minimum atomic E-state index is -0.626. The molecular weight excluding hydrogens is 356 g/mol. The molecule has 3 aromatic rings. The average molecular weight is 371 g/mol. The van der Waals surface area contributed by atoms with Crippen molar-refractivity contribution in [3.63, 3.8) is 0 Å². The first-order valence-electron chi connectivity index (χ1n) is 7.76. The third kappa shape index (κ3) is 3.89. The lowest BCUT2D eigenvalue weighted by Crippen LogP contribution is -2.11. The van der Waals surface area contributed by atoms with Crippen LogP contribution < -0.4 is 5.32 Å². The number of nitro benzene ring substituents is 1. The number of aryl methyl sites for hydroxylation is 1. The van der Waals surface area contributed by atoms with E-state index in [9.17, 15) is 14.9 Å². The quantitative estimate of drug-likeness (QED) is 0.541. The number of rotatable bonds is 5. The molecule has 1 N–H and O–H groups in total. The molecule has 26 heavy (non-hydrogen) atoms. The van der Waals surface area contributed by atoms with E-state index in [1.165, 1.54) is 18.3 Å². The summed E-state index contributed by atoms with van der Waals surface area (Å²) in [7, 11) is 0. The molecule has 0 aliphatic heterocycles. The largest absolute Gasteiger partial charge is 0.319 e. The van der Waals surface area contributed by atoms with Gasteiger partial charge in [0.1, 0.15) is 5.02 Å². The summed E-state index contributed by atoms with van der Waals surface area (Å²) in [6.45, 7) is 2.60. The predicted molar refractivity (Wildman–Crippen MR) is 98.6 cm³/mol. The maximum atomic E-state index is 12.3. The second kappa shape index (κ2) is 7.37. The molecule has 0 fully saturated rings. The number of nitro groups is 1. The highest BCUT2D eigenvalue weighted by atomic mass is 35.5. The third-order valence-electron chi connectivity index (χ3n) is 3.89. The van der Waals surface area contributed by atoms with E-state index >= 15 is 0 Å². The van der Waals surface area contributed by atoms with Gasteiger partial charge in [0.05, 0.1) is 23.4 Å². The van der Waals surface area contributed by atoms with Crippen LogP contribution in [-0.4, -0.2) is 20.6 Å². The molecule has 0 aliphatic carbocycles. The minimum Gasteiger partial charge on any atom is -0.319 e. The Balaban J connectivity index is 1.73. The molecule has 0 radical (unpaired) electrons. The lowest BCUT2D eigenvalue weighted by molar-refractivity contribution is -0.384. The number of anilines is 1. The summed E-state index contributed by atoms with van der Waals surface area (Å²) in [5.74, 6) is -0.472. The number of carbonyl (C=O) groups is 1. The van der Waals surface area contributed by atoms with E-state index in [2.05, 4.69) is 10.4 Å². The van der Waals surface area contributed by atoms with Gasteiger partial charge in [-0.3, -0.25) is 19.6 Å². The van der Waals surface area contributed by atoms with Crippen LogP contribution in [0.25, 0.3) is 0 Å². The Labute approximate surface area is 154 Å². The van der Waals surface area contributed by atoms with Crippen LogP contribution in [0.4, 0.5) is 11.4 Å². The SMILES string of the molecule is Cc1ccccc1Cn1cc(NC(=O)c2ccc(Cl)c([N+](=O)[O-])c2)cn1. The lowest BCUT2D eigenvalue weighted by Gasteiger charge is -2.05. The Kier molecular flexibility index (Phi) is 4.99. The molecule has 0 bridgehead atoms. The number of halogens is 1. The van der Waals surface area contributed by atoms with Gasteiger partial charge in [0, 0.05) is 17.8 Å². The van der Waals surface area contributed by atoms with Crippen LogP contribution in [0.3, 0.4) is 0 Å². The van der Waals surface area contributed by atoms with Gasteiger partial charge in [0.15, 0.2) is 0 Å². The molecule has 0 saturated carbocycles. The van der Waals surface area contributed by atoms with Gasteiger partial charge in [0.25, 0.3) is 11.6 Å². The highest BCUT2D eigenvalue weighted by molar-refractivity contribution is 6.32. The van der Waals surface area contributed by atoms with Crippen LogP contribution in [0, 0.1) is 17.0 Å². The fraction of sp³-hybridized carbons (Fsp3) is 0.111. The van der Waals surface area contributed by atoms with E-state index in [1.54, 1.807) is 10.9 Å². The number of hydrogen-bond acceptors (Lipinski definition) is 4. The van der Waals surface area contributed by atoms with Gasteiger partial charge >= 0.3 is 0 Å². The maximum Gasteiger partial charge on any atom is 0.288 e. The second-order valence-electron chi connectivity index (χ2n) is 5.73. The molecule has 3 rings (SSSR count). The van der Waals surface area contributed by atoms with Crippen molar-refractivity contribution in [1.29, 1.82) is 0 Å². The molecule has 0 spiro atoms. The van der Waals surface area contributed by atoms with Crippen molar-refractivity contribution in [2.24, 2.45) is 0 Å². The van der Waals surface area contributed by atoms with Crippen molar-refractivity contribution >= 4 is 28.9 Å². The Hall–Kier alpha value is -3.19. The molecule has 1 heterocycles. The van der Waals surface area contributed by atoms with Crippen molar-refractivity contribution in [3.8, 4) is 0 Å². The van der Waals surface area contributed by atoms with Crippen LogP contribution in [0.1, 0.15) is 21.5 Å². The molecule has 0 aliphatic rings. The fourth-order valence-electron chi connectivity index (χ4n) is 2.47. The van der Waals surface area contributed by atoms with Crippen LogP contribution in [-0.2, 0) is 6.54 Å². The van der Waals surface area contributed by atoms with Crippen LogP contribution in [0.15, 0.2) is 54.9 Å². The predicted octanol–water partition coefficient (Wildman–Crippen LogP) is 4.05. The zero-order valence-electron chi connectivity index (χ0n) is 13.8. The summed E-state index contributed by atoms with van der Waals surface area (Å²) in [6.07, 6.45) is 3.23. The Bertz CT molecular complexity index is 984. The van der Waals surface area contributed by atoms with Crippen LogP contribution >= 0.6 is 11.6 Å². The van der Waals surface area contributed by atoms with Crippen molar-refractivity contribution in [1.82, 2.24) is 9.78 Å². The number of amides is 1. The smallest absolute Gasteiger partial charge is 0.288 e. The van der Waals surface area contributed by atoms with Gasteiger partial charge in [-0.15, -0.1) is 0 Å². The number of aromatic nitrogens is 2. The second-order valence-corrected chi connectivity index (χ2v) is 6.14. The van der Waals surface area contributed by atoms with E-state index < -0.39 is 10.8 Å². The summed E-state index contributed by atoms with van der Waals surface area (Å²) in [5.41, 5.74) is 2.62. The van der Waals surface area contributed by atoms with Gasteiger partial charge in [0.2, 0.25) is 0 Å². The minimum absolute atomic E-state index is 0.0161. The molecular formula is C18H15ClN4O3. The number of carbonyl (C=O) groups excluding carboxylic acids is 1. The van der Waals surface area contributed by atoms with Crippen LogP contribution in [0.2, 0.25) is 5.02 Å². The molecule has 8 heteroatoms. The van der Waals surface area contributed by atoms with E-state index in [0.717, 1.165) is 17.2 Å². The van der Waals surface area contributed by atoms with Gasteiger partial charge in [-0.05, 0) is 30.2 Å². The normalized spacial score (nSPS) is 10.5. The fourth-order valence-corrected chi connectivity index (χ4v) is 2.66. The zero-order chi connectivity index (χ0) is 18.7. The highest BCUT2D eigenvalue weighted by Gasteiger charge is 2.16. The number of hydrogen-bond donors (Lipinski definition) is 1. The Morgan fingerprint density at radius 3 is 2.81 bits per heavy atom. The summed E-state index contributed by atoms with van der Waals surface area (Å²) >= 11 is 5.76. The number of nitrogens with one attached hydrogen (secondary N) is 1. The van der Waals surface area contributed by atoms with Crippen molar-refractivity contribution in [2.75, 3.05) is 5.32 Å². The standard InChI is InChI=1S/C18H15ClN4O3/c1-12-4-2-3-5-14(12)10-22-11-15(9-20-22)21-18(24)13-6-7-16(19)17(8-13)23(25)26/h2-9,11H,10H2,1H3,(H,21,24). The number of nitrogens with zero attached hydrogens (tertiary/aromatic N) is 3. The van der Waals surface area contributed by atoms with E-state index in [-0.39, 0.29) is 16.3 Å². The van der Waals surface area contributed by atoms with Crippen LogP contribution in [0.5, 0.6) is 0 Å². The molecule has 132 valence electrons. The Morgan fingerprint density at radius 2 is 2.08 bits per heavy atom. The molecule has 0 saturated heterocycles. The van der Waals surface area contributed by atoms with E-state index in [0.29, 0.717) is 12.2 Å². The van der Waals surface area contributed by atoms with Gasteiger partial charge in [-0.25, -0.2) is 0 Å². The first-order valence-corrected chi connectivity index (χ1v) is 8.14. The highest BCUT2D eigenvalue weighted by Crippen LogP contribution is 2.25. The molecule has 1 amide bonds. The summed E-state index contributed by atoms with van der Waals surface area (Å²) in [4.78, 5) is 22.6. The van der Waals surface area contributed by atoms with E-state index in [4.69, 9.17) is 11.6 Å². The van der Waals surface area contributed by atoms with Crippen molar-refractivity contribution in [3.05, 3.63) is 86.7 Å². The first kappa shape index (κ1) is 17.6. The monoisotopic (exact) mass is 370 g/mol. The van der Waals surface area contributed by atoms with Gasteiger partial charge < -0.3 is 5.32 Å².